The third-order valence-corrected chi connectivity index (χ3v) is 9.46. The fourth-order valence-corrected chi connectivity index (χ4v) is 7.28. The van der Waals surface area contributed by atoms with Gasteiger partial charge in [-0.2, -0.15) is 10.2 Å². The zero-order valence-electron chi connectivity index (χ0n) is 26.5. The number of nitrogens with zero attached hydrogens (tertiary/aromatic N) is 6. The van der Waals surface area contributed by atoms with Gasteiger partial charge in [0.05, 0.1) is 45.6 Å². The monoisotopic (exact) mass is 695 g/mol. The van der Waals surface area contributed by atoms with Crippen molar-refractivity contribution < 1.29 is 23.4 Å². The van der Waals surface area contributed by atoms with Crippen LogP contribution in [0.15, 0.2) is 23.5 Å². The van der Waals surface area contributed by atoms with E-state index in [4.69, 9.17) is 35.8 Å². The zero-order chi connectivity index (χ0) is 33.6. The van der Waals surface area contributed by atoms with Crippen LogP contribution in [0.2, 0.25) is 5.02 Å². The molecule has 1 N–H and O–H groups in total. The van der Waals surface area contributed by atoms with Crippen molar-refractivity contribution in [2.75, 3.05) is 11.1 Å². The Morgan fingerprint density at radius 1 is 1.26 bits per heavy atom. The van der Waals surface area contributed by atoms with E-state index in [0.29, 0.717) is 49.9 Å². The van der Waals surface area contributed by atoms with Gasteiger partial charge in [0, 0.05) is 17.0 Å². The number of carbonyl (C=O) groups is 1. The number of thioether (sulfide) groups is 1. The number of benzene rings is 2. The lowest BCUT2D eigenvalue weighted by Crippen LogP contribution is -2.27. The maximum atomic E-state index is 15.4. The minimum atomic E-state index is -0.769. The summed E-state index contributed by atoms with van der Waals surface area (Å²) < 4.78 is 34.9. The summed E-state index contributed by atoms with van der Waals surface area (Å²) >= 11 is 9.65. The van der Waals surface area contributed by atoms with Gasteiger partial charge in [0.25, 0.3) is 0 Å². The molecule has 1 aliphatic heterocycles. The summed E-state index contributed by atoms with van der Waals surface area (Å²) in [4.78, 5) is 22.2. The second-order valence-electron chi connectivity index (χ2n) is 12.0. The van der Waals surface area contributed by atoms with Gasteiger partial charge < -0.3 is 14.2 Å². The van der Waals surface area contributed by atoms with Crippen LogP contribution in [-0.2, 0) is 29.3 Å². The molecule has 0 saturated heterocycles. The largest absolute Gasteiger partial charge is 0.470 e. The number of fused-ring (bicyclic) bond motifs is 4. The van der Waals surface area contributed by atoms with Crippen LogP contribution in [0.4, 0.5) is 14.2 Å². The van der Waals surface area contributed by atoms with Crippen LogP contribution in [0.25, 0.3) is 32.1 Å². The second-order valence-corrected chi connectivity index (χ2v) is 14.7. The molecule has 0 bridgehead atoms. The molecule has 1 aliphatic rings. The number of amides is 1. The summed E-state index contributed by atoms with van der Waals surface area (Å²) in [6.07, 6.45) is 1.07. The van der Waals surface area contributed by atoms with Gasteiger partial charge in [-0.15, -0.1) is 16.4 Å². The first-order valence-electron chi connectivity index (χ1n) is 14.8. The normalized spacial score (nSPS) is 12.9. The van der Waals surface area contributed by atoms with E-state index in [-0.39, 0.29) is 46.1 Å². The molecule has 0 atom stereocenters. The molecule has 11 nitrogen and oxygen atoms in total. The molecule has 0 radical (unpaired) electrons. The van der Waals surface area contributed by atoms with Crippen LogP contribution >= 0.6 is 34.7 Å². The lowest BCUT2D eigenvalue weighted by atomic mass is 9.91. The highest BCUT2D eigenvalue weighted by molar-refractivity contribution is 7.99. The Morgan fingerprint density at radius 3 is 2.70 bits per heavy atom. The van der Waals surface area contributed by atoms with Crippen molar-refractivity contribution in [3.8, 4) is 23.1 Å². The van der Waals surface area contributed by atoms with Crippen molar-refractivity contribution in [1.82, 2.24) is 25.0 Å². The Labute approximate surface area is 283 Å². The molecule has 0 unspecified atom stereocenters. The van der Waals surface area contributed by atoms with E-state index in [1.54, 1.807) is 31.5 Å². The van der Waals surface area contributed by atoms with Crippen LogP contribution < -0.4 is 10.1 Å². The molecule has 4 heterocycles. The summed E-state index contributed by atoms with van der Waals surface area (Å²) in [5.41, 5.74) is 3.01. The van der Waals surface area contributed by atoms with E-state index in [0.717, 1.165) is 22.5 Å². The number of anilines is 1. The van der Waals surface area contributed by atoms with Crippen LogP contribution in [0.3, 0.4) is 0 Å². The maximum Gasteiger partial charge on any atom is 0.412 e. The molecule has 6 rings (SSSR count). The quantitative estimate of drug-likeness (QED) is 0.124. The van der Waals surface area contributed by atoms with Crippen LogP contribution in [0.5, 0.6) is 5.88 Å². The molecule has 0 spiro atoms. The van der Waals surface area contributed by atoms with Crippen molar-refractivity contribution >= 4 is 66.8 Å². The summed E-state index contributed by atoms with van der Waals surface area (Å²) in [6.45, 7) is 11.8. The van der Waals surface area contributed by atoms with E-state index >= 15 is 4.39 Å². The Morgan fingerprint density at radius 2 is 2.02 bits per heavy atom. The predicted octanol–water partition coefficient (Wildman–Crippen LogP) is 8.42. The molecular weight excluding hydrogens is 665 g/mol. The first-order valence-corrected chi connectivity index (χ1v) is 17.0. The molecule has 47 heavy (non-hydrogen) atoms. The van der Waals surface area contributed by atoms with Crippen molar-refractivity contribution in [3.05, 3.63) is 51.6 Å². The second kappa shape index (κ2) is 12.9. The number of thiophene rings is 1. The number of rotatable bonds is 8. The topological polar surface area (TPSA) is 137 Å². The Balaban J connectivity index is 1.54. The Bertz CT molecular complexity index is 2080. The van der Waals surface area contributed by atoms with Crippen molar-refractivity contribution in [3.63, 3.8) is 0 Å². The molecule has 15 heteroatoms. The fraction of sp³-hybridized carbons (Fsp3) is 0.375. The van der Waals surface area contributed by atoms with E-state index in [9.17, 15) is 10.1 Å². The summed E-state index contributed by atoms with van der Waals surface area (Å²) in [7, 11) is 0. The number of carbonyl (C=O) groups excluding carboxylic acids is 1. The average molecular weight is 696 g/mol. The van der Waals surface area contributed by atoms with Crippen molar-refractivity contribution in [2.45, 2.75) is 78.2 Å². The number of aromatic nitrogens is 5. The number of hydrogen-bond acceptors (Lipinski definition) is 11. The third-order valence-electron chi connectivity index (χ3n) is 7.25. The summed E-state index contributed by atoms with van der Waals surface area (Å²) in [5, 5.41) is 23.2. The first-order chi connectivity index (χ1) is 22.4. The molecule has 1 amide bonds. The lowest BCUT2D eigenvalue weighted by Gasteiger charge is -2.19. The SMILES string of the molecule is CCSc1nc(OCc2cn(C(C)C)nn2)c2c3c(c(-c4ccc(F)c5sc(NC(=O)OC(C)(C)C)c(C#N)c45)c(Cl)c2n1)COC3. The van der Waals surface area contributed by atoms with Gasteiger partial charge >= 0.3 is 6.09 Å². The fourth-order valence-electron chi connectivity index (χ4n) is 5.30. The summed E-state index contributed by atoms with van der Waals surface area (Å²) in [5.74, 6) is 0.501. The first kappa shape index (κ1) is 32.9. The van der Waals surface area contributed by atoms with Gasteiger partial charge in [-0.1, -0.05) is 41.6 Å². The van der Waals surface area contributed by atoms with Gasteiger partial charge in [0.15, 0.2) is 5.16 Å². The maximum absolute atomic E-state index is 15.4. The predicted molar refractivity (Wildman–Crippen MR) is 180 cm³/mol. The van der Waals surface area contributed by atoms with E-state index in [2.05, 4.69) is 21.7 Å². The van der Waals surface area contributed by atoms with Gasteiger partial charge in [0.1, 0.15) is 34.8 Å². The zero-order valence-corrected chi connectivity index (χ0v) is 28.9. The van der Waals surface area contributed by atoms with Gasteiger partial charge in [-0.05, 0) is 63.1 Å². The van der Waals surface area contributed by atoms with Crippen molar-refractivity contribution in [2.24, 2.45) is 0 Å². The average Bonchev–Trinajstić information content (AvgIpc) is 3.75. The van der Waals surface area contributed by atoms with E-state index in [1.807, 2.05) is 27.0 Å². The Kier molecular flexibility index (Phi) is 9.01. The molecule has 5 aromatic rings. The minimum Gasteiger partial charge on any atom is -0.470 e. The van der Waals surface area contributed by atoms with E-state index in [1.165, 1.54) is 17.8 Å². The van der Waals surface area contributed by atoms with Crippen LogP contribution in [0.1, 0.15) is 70.0 Å². The highest BCUT2D eigenvalue weighted by Gasteiger charge is 2.31. The molecule has 3 aromatic heterocycles. The third kappa shape index (κ3) is 6.32. The summed E-state index contributed by atoms with van der Waals surface area (Å²) in [6, 6.07) is 5.22. The molecule has 0 saturated carbocycles. The number of hydrogen-bond donors (Lipinski definition) is 1. The number of halogens is 2. The van der Waals surface area contributed by atoms with Gasteiger partial charge in [-0.25, -0.2) is 18.9 Å². The smallest absolute Gasteiger partial charge is 0.412 e. The van der Waals surface area contributed by atoms with Crippen LogP contribution in [-0.4, -0.2) is 42.4 Å². The Hall–Kier alpha value is -4.03. The lowest BCUT2D eigenvalue weighted by molar-refractivity contribution is 0.0636. The number of nitriles is 1. The number of ether oxygens (including phenoxy) is 3. The molecule has 0 aliphatic carbocycles. The molecule has 244 valence electrons. The van der Waals surface area contributed by atoms with Crippen LogP contribution in [0, 0.1) is 17.1 Å². The van der Waals surface area contributed by atoms with Crippen molar-refractivity contribution in [1.29, 1.82) is 5.26 Å². The minimum absolute atomic E-state index is 0.0950. The molecule has 0 fully saturated rings. The standard InChI is InChI=1S/C32H31ClFN7O4S2/c1-7-46-30-36-26-24(28(37-30)44-12-16-11-41(15(2)3)40-39-16)20-14-43-13-19(20)22(25(26)33)17-8-9-21(34)27-23(17)18(10-35)29(47-27)38-31(42)45-32(4,5)6/h8-9,11,15H,7,12-14H2,1-6H3,(H,38,42). The van der Waals surface area contributed by atoms with Gasteiger partial charge in [-0.3, -0.25) is 5.32 Å². The number of nitrogens with one attached hydrogen (secondary N) is 1. The highest BCUT2D eigenvalue weighted by Crippen LogP contribution is 2.50. The highest BCUT2D eigenvalue weighted by atomic mass is 35.5. The van der Waals surface area contributed by atoms with Gasteiger partial charge in [0.2, 0.25) is 5.88 Å². The molecule has 2 aromatic carbocycles. The molecular formula is C32H31ClFN7O4S2. The van der Waals surface area contributed by atoms with E-state index < -0.39 is 17.5 Å².